The molecule has 0 saturated heterocycles. The Kier molecular flexibility index (Phi) is 4.38. The lowest BCUT2D eigenvalue weighted by Gasteiger charge is -2.22. The number of hydrogen-bond acceptors (Lipinski definition) is 4. The Bertz CT molecular complexity index is 1020. The van der Waals surface area contributed by atoms with Crippen molar-refractivity contribution in [2.75, 3.05) is 0 Å². The van der Waals surface area contributed by atoms with Crippen LogP contribution in [0.1, 0.15) is 18.4 Å². The van der Waals surface area contributed by atoms with Gasteiger partial charge < -0.3 is 4.57 Å². The second kappa shape index (κ2) is 6.23. The van der Waals surface area contributed by atoms with Crippen molar-refractivity contribution < 1.29 is 12.8 Å². The zero-order chi connectivity index (χ0) is 18.4. The standard InChI is InChI=1S/C16H18FN3O4S/c1-18-10-14(15(21)19(2)16(18)22)25(23,24)20(13-7-8-13)9-11-3-5-12(17)6-4-11/h3-6,10,13H,7-9H2,1-2H3. The van der Waals surface area contributed by atoms with E-state index in [9.17, 15) is 22.4 Å². The first-order valence-corrected chi connectivity index (χ1v) is 9.19. The van der Waals surface area contributed by atoms with Gasteiger partial charge in [-0.1, -0.05) is 12.1 Å². The molecule has 0 spiro atoms. The van der Waals surface area contributed by atoms with E-state index in [-0.39, 0.29) is 12.6 Å². The van der Waals surface area contributed by atoms with Crippen LogP contribution < -0.4 is 11.2 Å². The van der Waals surface area contributed by atoms with Crippen LogP contribution in [0.3, 0.4) is 0 Å². The molecule has 0 unspecified atom stereocenters. The summed E-state index contributed by atoms with van der Waals surface area (Å²) >= 11 is 0. The first-order valence-electron chi connectivity index (χ1n) is 7.75. The van der Waals surface area contributed by atoms with Crippen molar-refractivity contribution in [2.45, 2.75) is 30.3 Å². The normalized spacial score (nSPS) is 14.9. The molecule has 0 radical (unpaired) electrons. The molecular formula is C16H18FN3O4S. The number of benzene rings is 1. The van der Waals surface area contributed by atoms with Crippen molar-refractivity contribution in [1.82, 2.24) is 13.4 Å². The molecule has 1 aliphatic carbocycles. The molecule has 1 fully saturated rings. The second-order valence-electron chi connectivity index (χ2n) is 6.16. The van der Waals surface area contributed by atoms with Gasteiger partial charge in [-0.15, -0.1) is 0 Å². The molecule has 0 aliphatic heterocycles. The highest BCUT2D eigenvalue weighted by Gasteiger charge is 2.39. The lowest BCUT2D eigenvalue weighted by atomic mass is 10.2. The maximum absolute atomic E-state index is 13.1. The Morgan fingerprint density at radius 1 is 1.16 bits per heavy atom. The molecule has 134 valence electrons. The van der Waals surface area contributed by atoms with Crippen LogP contribution in [0.2, 0.25) is 0 Å². The summed E-state index contributed by atoms with van der Waals surface area (Å²) in [5, 5.41) is 0. The molecule has 1 saturated carbocycles. The predicted octanol–water partition coefficient (Wildman–Crippen LogP) is 0.576. The van der Waals surface area contributed by atoms with Gasteiger partial charge in [0.25, 0.3) is 15.6 Å². The highest BCUT2D eigenvalue weighted by molar-refractivity contribution is 7.89. The van der Waals surface area contributed by atoms with Gasteiger partial charge in [0.05, 0.1) is 0 Å². The fraction of sp³-hybridized carbons (Fsp3) is 0.375. The minimum atomic E-state index is -4.09. The maximum atomic E-state index is 13.1. The number of aromatic nitrogens is 2. The van der Waals surface area contributed by atoms with E-state index >= 15 is 0 Å². The van der Waals surface area contributed by atoms with Gasteiger partial charge in [0.15, 0.2) is 4.90 Å². The molecule has 1 aliphatic rings. The fourth-order valence-corrected chi connectivity index (χ4v) is 4.44. The third kappa shape index (κ3) is 3.29. The SMILES string of the molecule is Cn1cc(S(=O)(=O)N(Cc2ccc(F)cc2)C2CC2)c(=O)n(C)c1=O. The lowest BCUT2D eigenvalue weighted by Crippen LogP contribution is -2.43. The zero-order valence-electron chi connectivity index (χ0n) is 13.8. The zero-order valence-corrected chi connectivity index (χ0v) is 14.7. The molecule has 9 heteroatoms. The number of nitrogens with zero attached hydrogens (tertiary/aromatic N) is 3. The van der Waals surface area contributed by atoms with E-state index in [1.165, 1.54) is 42.7 Å². The van der Waals surface area contributed by atoms with E-state index in [1.54, 1.807) is 0 Å². The Morgan fingerprint density at radius 3 is 2.32 bits per heavy atom. The van der Waals surface area contributed by atoms with Crippen LogP contribution in [-0.4, -0.2) is 27.9 Å². The molecule has 0 bridgehead atoms. The van der Waals surface area contributed by atoms with Gasteiger partial charge in [-0.25, -0.2) is 17.6 Å². The van der Waals surface area contributed by atoms with Crippen molar-refractivity contribution >= 4 is 10.0 Å². The predicted molar refractivity (Wildman–Crippen MR) is 89.1 cm³/mol. The lowest BCUT2D eigenvalue weighted by molar-refractivity contribution is 0.396. The Balaban J connectivity index is 2.06. The molecule has 25 heavy (non-hydrogen) atoms. The molecular weight excluding hydrogens is 349 g/mol. The van der Waals surface area contributed by atoms with E-state index in [0.717, 1.165) is 15.3 Å². The molecule has 7 nitrogen and oxygen atoms in total. The first-order chi connectivity index (χ1) is 11.7. The average molecular weight is 367 g/mol. The molecule has 2 aromatic rings. The molecule has 1 aromatic heterocycles. The van der Waals surface area contributed by atoms with Crippen molar-refractivity contribution in [3.05, 3.63) is 62.7 Å². The summed E-state index contributed by atoms with van der Waals surface area (Å²) < 4.78 is 42.2. The highest BCUT2D eigenvalue weighted by atomic mass is 32.2. The van der Waals surface area contributed by atoms with Gasteiger partial charge >= 0.3 is 5.69 Å². The van der Waals surface area contributed by atoms with Crippen molar-refractivity contribution in [3.8, 4) is 0 Å². The summed E-state index contributed by atoms with van der Waals surface area (Å²) in [5.41, 5.74) is -0.827. The van der Waals surface area contributed by atoms with Gasteiger partial charge in [-0.05, 0) is 30.5 Å². The topological polar surface area (TPSA) is 81.4 Å². The number of halogens is 1. The summed E-state index contributed by atoms with van der Waals surface area (Å²) in [5.74, 6) is -0.406. The Labute approximate surface area is 144 Å². The van der Waals surface area contributed by atoms with E-state index in [1.807, 2.05) is 0 Å². The van der Waals surface area contributed by atoms with E-state index in [4.69, 9.17) is 0 Å². The summed E-state index contributed by atoms with van der Waals surface area (Å²) in [6.07, 6.45) is 2.46. The van der Waals surface area contributed by atoms with Crippen LogP contribution in [-0.2, 0) is 30.7 Å². The van der Waals surface area contributed by atoms with E-state index in [2.05, 4.69) is 0 Å². The Morgan fingerprint density at radius 2 is 1.76 bits per heavy atom. The van der Waals surface area contributed by atoms with Crippen molar-refractivity contribution in [2.24, 2.45) is 14.1 Å². The maximum Gasteiger partial charge on any atom is 0.330 e. The van der Waals surface area contributed by atoms with Crippen LogP contribution in [0.15, 0.2) is 44.9 Å². The van der Waals surface area contributed by atoms with Crippen LogP contribution >= 0.6 is 0 Å². The summed E-state index contributed by atoms with van der Waals surface area (Å²) in [4.78, 5) is 23.7. The summed E-state index contributed by atoms with van der Waals surface area (Å²) in [6.45, 7) is 0.0409. The van der Waals surface area contributed by atoms with E-state index < -0.39 is 32.0 Å². The third-order valence-corrected chi connectivity index (χ3v) is 6.09. The van der Waals surface area contributed by atoms with Gasteiger partial charge in [0.1, 0.15) is 5.82 Å². The van der Waals surface area contributed by atoms with Crippen LogP contribution in [0.5, 0.6) is 0 Å². The monoisotopic (exact) mass is 367 g/mol. The number of hydrogen-bond donors (Lipinski definition) is 0. The number of rotatable bonds is 5. The molecule has 3 rings (SSSR count). The minimum Gasteiger partial charge on any atom is -0.302 e. The minimum absolute atomic E-state index is 0.0409. The first kappa shape index (κ1) is 17.6. The highest BCUT2D eigenvalue weighted by Crippen LogP contribution is 2.32. The Hall–Kier alpha value is -2.26. The smallest absolute Gasteiger partial charge is 0.302 e. The van der Waals surface area contributed by atoms with Crippen molar-refractivity contribution in [3.63, 3.8) is 0 Å². The summed E-state index contributed by atoms with van der Waals surface area (Å²) in [6, 6.07) is 5.35. The number of aryl methyl sites for hydroxylation is 1. The number of sulfonamides is 1. The largest absolute Gasteiger partial charge is 0.330 e. The molecule has 0 amide bonds. The van der Waals surface area contributed by atoms with Crippen LogP contribution in [0.25, 0.3) is 0 Å². The molecule has 1 heterocycles. The average Bonchev–Trinajstić information content (AvgIpc) is 3.40. The van der Waals surface area contributed by atoms with Crippen molar-refractivity contribution in [1.29, 1.82) is 0 Å². The van der Waals surface area contributed by atoms with Crippen LogP contribution in [0, 0.1) is 5.82 Å². The molecule has 0 N–H and O–H groups in total. The van der Waals surface area contributed by atoms with Gasteiger partial charge in [0.2, 0.25) is 0 Å². The van der Waals surface area contributed by atoms with Crippen LogP contribution in [0.4, 0.5) is 4.39 Å². The van der Waals surface area contributed by atoms with Gasteiger partial charge in [-0.3, -0.25) is 9.36 Å². The van der Waals surface area contributed by atoms with Gasteiger partial charge in [-0.2, -0.15) is 4.31 Å². The second-order valence-corrected chi connectivity index (χ2v) is 8.02. The van der Waals surface area contributed by atoms with Gasteiger partial charge in [0, 0.05) is 32.9 Å². The fourth-order valence-electron chi connectivity index (χ4n) is 2.62. The third-order valence-electron chi connectivity index (χ3n) is 4.21. The molecule has 0 atom stereocenters. The van der Waals surface area contributed by atoms with E-state index in [0.29, 0.717) is 18.4 Å². The molecule has 1 aromatic carbocycles. The quantitative estimate of drug-likeness (QED) is 0.774. The summed E-state index contributed by atoms with van der Waals surface area (Å²) in [7, 11) is -1.46.